The maximum atomic E-state index is 13.3. The van der Waals surface area contributed by atoms with Crippen molar-refractivity contribution in [2.45, 2.75) is 30.2 Å². The van der Waals surface area contributed by atoms with Gasteiger partial charge in [0.1, 0.15) is 10.6 Å². The maximum Gasteiger partial charge on any atom is 0.253 e. The molecule has 10 heteroatoms. The number of ether oxygens (including phenoxy) is 1. The Hall–Kier alpha value is -2.10. The van der Waals surface area contributed by atoms with Gasteiger partial charge in [0.2, 0.25) is 10.0 Å². The Morgan fingerprint density at radius 2 is 1.69 bits per heavy atom. The molecule has 3 aromatic carbocycles. The number of sulfonamides is 1. The standard InChI is InChI=1S/C26H25BrCl2N2O4S/c1-35-24-9-4-19(14-25(24)36(33,34)30-16-17-2-5-20(28)6-3-17)26(32)31-12-10-18(11-13-31)22-8-7-21(29)15-23(22)27/h2-9,14-15,18,30H,10-13,16H2,1H3. The van der Waals surface area contributed by atoms with Gasteiger partial charge in [-0.3, -0.25) is 4.79 Å². The van der Waals surface area contributed by atoms with Gasteiger partial charge < -0.3 is 9.64 Å². The number of benzene rings is 3. The van der Waals surface area contributed by atoms with Gasteiger partial charge in [-0.25, -0.2) is 13.1 Å². The van der Waals surface area contributed by atoms with E-state index in [1.54, 1.807) is 35.2 Å². The molecule has 1 amide bonds. The van der Waals surface area contributed by atoms with Crippen LogP contribution in [0.15, 0.2) is 70.0 Å². The van der Waals surface area contributed by atoms with E-state index >= 15 is 0 Å². The van der Waals surface area contributed by atoms with E-state index in [-0.39, 0.29) is 23.1 Å². The highest BCUT2D eigenvalue weighted by Gasteiger charge is 2.28. The van der Waals surface area contributed by atoms with E-state index in [1.165, 1.54) is 24.8 Å². The van der Waals surface area contributed by atoms with E-state index in [2.05, 4.69) is 20.7 Å². The fourth-order valence-corrected chi connectivity index (χ4v) is 6.63. The smallest absolute Gasteiger partial charge is 0.253 e. The molecule has 36 heavy (non-hydrogen) atoms. The highest BCUT2D eigenvalue weighted by Crippen LogP contribution is 2.35. The summed E-state index contributed by atoms with van der Waals surface area (Å²) in [6, 6.07) is 17.2. The van der Waals surface area contributed by atoms with Crippen LogP contribution in [0.5, 0.6) is 5.75 Å². The predicted molar refractivity (Wildman–Crippen MR) is 146 cm³/mol. The third-order valence-corrected chi connectivity index (χ3v) is 8.86. The molecule has 1 aliphatic rings. The summed E-state index contributed by atoms with van der Waals surface area (Å²) in [4.78, 5) is 15.0. The van der Waals surface area contributed by atoms with Crippen molar-refractivity contribution in [3.05, 3.63) is 91.9 Å². The molecule has 4 rings (SSSR count). The van der Waals surface area contributed by atoms with Gasteiger partial charge in [0.25, 0.3) is 5.91 Å². The molecule has 1 aliphatic heterocycles. The number of nitrogens with zero attached hydrogens (tertiary/aromatic N) is 1. The maximum absolute atomic E-state index is 13.3. The van der Waals surface area contributed by atoms with E-state index in [4.69, 9.17) is 27.9 Å². The van der Waals surface area contributed by atoms with Crippen LogP contribution < -0.4 is 9.46 Å². The quantitative estimate of drug-likeness (QED) is 0.342. The fraction of sp³-hybridized carbons (Fsp3) is 0.269. The molecule has 190 valence electrons. The Balaban J connectivity index is 1.48. The monoisotopic (exact) mass is 610 g/mol. The van der Waals surface area contributed by atoms with Gasteiger partial charge in [0, 0.05) is 39.7 Å². The minimum atomic E-state index is -3.95. The summed E-state index contributed by atoms with van der Waals surface area (Å²) in [5.41, 5.74) is 2.23. The van der Waals surface area contributed by atoms with Crippen molar-refractivity contribution in [2.24, 2.45) is 0 Å². The first-order valence-electron chi connectivity index (χ1n) is 11.3. The molecule has 0 saturated carbocycles. The van der Waals surface area contributed by atoms with Gasteiger partial charge >= 0.3 is 0 Å². The van der Waals surface area contributed by atoms with Gasteiger partial charge in [-0.05, 0) is 72.4 Å². The number of hydrogen-bond donors (Lipinski definition) is 1. The molecule has 0 unspecified atom stereocenters. The highest BCUT2D eigenvalue weighted by molar-refractivity contribution is 9.10. The van der Waals surface area contributed by atoms with Gasteiger partial charge in [0.15, 0.2) is 0 Å². The first-order valence-corrected chi connectivity index (χ1v) is 14.4. The molecule has 0 bridgehead atoms. The van der Waals surface area contributed by atoms with Gasteiger partial charge in [-0.1, -0.05) is 57.3 Å². The summed E-state index contributed by atoms with van der Waals surface area (Å²) in [5, 5.41) is 1.24. The molecule has 0 spiro atoms. The zero-order valence-electron chi connectivity index (χ0n) is 19.5. The van der Waals surface area contributed by atoms with E-state index in [0.717, 1.165) is 22.9 Å². The summed E-state index contributed by atoms with van der Waals surface area (Å²) in [7, 11) is -2.55. The van der Waals surface area contributed by atoms with E-state index in [1.807, 2.05) is 18.2 Å². The number of halogens is 3. The lowest BCUT2D eigenvalue weighted by molar-refractivity contribution is 0.0712. The highest BCUT2D eigenvalue weighted by atomic mass is 79.9. The second kappa shape index (κ2) is 11.5. The Morgan fingerprint density at radius 1 is 1.03 bits per heavy atom. The summed E-state index contributed by atoms with van der Waals surface area (Å²) in [5.74, 6) is 0.270. The van der Waals surface area contributed by atoms with Crippen molar-refractivity contribution in [3.8, 4) is 5.75 Å². The lowest BCUT2D eigenvalue weighted by Gasteiger charge is -2.33. The second-order valence-electron chi connectivity index (χ2n) is 8.55. The number of methoxy groups -OCH3 is 1. The van der Waals surface area contributed by atoms with Crippen LogP contribution in [0, 0.1) is 0 Å². The number of likely N-dealkylation sites (tertiary alicyclic amines) is 1. The van der Waals surface area contributed by atoms with Crippen molar-refractivity contribution in [1.82, 2.24) is 9.62 Å². The number of nitrogens with one attached hydrogen (secondary N) is 1. The number of carbonyl (C=O) groups excluding carboxylic acids is 1. The largest absolute Gasteiger partial charge is 0.495 e. The minimum Gasteiger partial charge on any atom is -0.495 e. The fourth-order valence-electron chi connectivity index (χ4n) is 4.29. The average Bonchev–Trinajstić information content (AvgIpc) is 2.88. The Bertz CT molecular complexity index is 1360. The van der Waals surface area contributed by atoms with E-state index in [9.17, 15) is 13.2 Å². The first-order chi connectivity index (χ1) is 17.2. The third kappa shape index (κ3) is 6.23. The van der Waals surface area contributed by atoms with E-state index < -0.39 is 10.0 Å². The van der Waals surface area contributed by atoms with Crippen LogP contribution in [0.1, 0.15) is 40.2 Å². The van der Waals surface area contributed by atoms with Crippen LogP contribution in [0.4, 0.5) is 0 Å². The number of amides is 1. The van der Waals surface area contributed by atoms with Crippen LogP contribution in [-0.4, -0.2) is 39.4 Å². The molecule has 3 aromatic rings. The number of hydrogen-bond acceptors (Lipinski definition) is 4. The van der Waals surface area contributed by atoms with Crippen molar-refractivity contribution >= 4 is 55.1 Å². The zero-order chi connectivity index (χ0) is 25.9. The topological polar surface area (TPSA) is 75.7 Å². The summed E-state index contributed by atoms with van der Waals surface area (Å²) < 4.78 is 35.0. The van der Waals surface area contributed by atoms with E-state index in [0.29, 0.717) is 34.6 Å². The summed E-state index contributed by atoms with van der Waals surface area (Å²) in [6.07, 6.45) is 1.60. The molecule has 1 saturated heterocycles. The normalized spacial score (nSPS) is 14.6. The van der Waals surface area contributed by atoms with Crippen molar-refractivity contribution in [1.29, 1.82) is 0 Å². The van der Waals surface area contributed by atoms with Crippen molar-refractivity contribution < 1.29 is 17.9 Å². The zero-order valence-corrected chi connectivity index (χ0v) is 23.4. The SMILES string of the molecule is COc1ccc(C(=O)N2CCC(c3ccc(Cl)cc3Br)CC2)cc1S(=O)(=O)NCc1ccc(Cl)cc1. The number of piperidine rings is 1. The van der Waals surface area contributed by atoms with Gasteiger partial charge in [0.05, 0.1) is 7.11 Å². The molecule has 1 heterocycles. The van der Waals surface area contributed by atoms with Gasteiger partial charge in [-0.15, -0.1) is 0 Å². The van der Waals surface area contributed by atoms with Crippen molar-refractivity contribution in [3.63, 3.8) is 0 Å². The van der Waals surface area contributed by atoms with Crippen LogP contribution in [-0.2, 0) is 16.6 Å². The summed E-state index contributed by atoms with van der Waals surface area (Å²) >= 11 is 15.6. The lowest BCUT2D eigenvalue weighted by Crippen LogP contribution is -2.38. The van der Waals surface area contributed by atoms with Crippen LogP contribution in [0.3, 0.4) is 0 Å². The molecule has 0 aliphatic carbocycles. The first kappa shape index (κ1) is 26.9. The van der Waals surface area contributed by atoms with Crippen molar-refractivity contribution in [2.75, 3.05) is 20.2 Å². The molecule has 0 radical (unpaired) electrons. The summed E-state index contributed by atoms with van der Waals surface area (Å²) in [6.45, 7) is 1.22. The minimum absolute atomic E-state index is 0.0780. The predicted octanol–water partition coefficient (Wildman–Crippen LogP) is 6.26. The Morgan fingerprint density at radius 3 is 2.33 bits per heavy atom. The molecule has 1 fully saturated rings. The van der Waals surface area contributed by atoms with Crippen LogP contribution in [0.2, 0.25) is 10.0 Å². The number of carbonyl (C=O) groups is 1. The Labute approximate surface area is 229 Å². The average molecular weight is 612 g/mol. The molecule has 0 aromatic heterocycles. The molecular weight excluding hydrogens is 587 g/mol. The Kier molecular flexibility index (Phi) is 8.63. The molecule has 1 N–H and O–H groups in total. The third-order valence-electron chi connectivity index (χ3n) is 6.26. The second-order valence-corrected chi connectivity index (χ2v) is 12.0. The lowest BCUT2D eigenvalue weighted by atomic mass is 9.89. The van der Waals surface area contributed by atoms with Crippen LogP contribution >= 0.6 is 39.1 Å². The molecule has 6 nitrogen and oxygen atoms in total. The molecule has 0 atom stereocenters. The molecular formula is C26H25BrCl2N2O4S. The number of rotatable bonds is 7. The van der Waals surface area contributed by atoms with Gasteiger partial charge in [-0.2, -0.15) is 0 Å². The van der Waals surface area contributed by atoms with Crippen LogP contribution in [0.25, 0.3) is 0 Å².